The fourth-order valence-electron chi connectivity index (χ4n) is 1.85. The number of nitrogens with zero attached hydrogens (tertiary/aromatic N) is 1. The summed E-state index contributed by atoms with van der Waals surface area (Å²) in [5.41, 5.74) is 0.647. The van der Waals surface area contributed by atoms with Crippen LogP contribution in [0.15, 0.2) is 28.2 Å². The Kier molecular flexibility index (Phi) is 5.10. The van der Waals surface area contributed by atoms with Gasteiger partial charge in [0.25, 0.3) is 0 Å². The highest BCUT2D eigenvalue weighted by Crippen LogP contribution is 2.24. The highest BCUT2D eigenvalue weighted by Gasteiger charge is 2.16. The van der Waals surface area contributed by atoms with Crippen molar-refractivity contribution in [3.05, 3.63) is 29.5 Å². The van der Waals surface area contributed by atoms with Gasteiger partial charge in [0.05, 0.1) is 24.8 Å². The molecule has 0 spiro atoms. The smallest absolute Gasteiger partial charge is 0.305 e. The summed E-state index contributed by atoms with van der Waals surface area (Å²) in [5, 5.41) is 14.0. The summed E-state index contributed by atoms with van der Waals surface area (Å²) in [4.78, 5) is 26.9. The van der Waals surface area contributed by atoms with Crippen molar-refractivity contribution in [3.63, 3.8) is 0 Å². The van der Waals surface area contributed by atoms with Crippen molar-refractivity contribution in [2.75, 3.05) is 0 Å². The average molecular weight is 308 g/mol. The van der Waals surface area contributed by atoms with Gasteiger partial charge in [-0.3, -0.25) is 9.59 Å². The van der Waals surface area contributed by atoms with Crippen molar-refractivity contribution in [2.45, 2.75) is 32.2 Å². The van der Waals surface area contributed by atoms with Crippen LogP contribution in [-0.4, -0.2) is 28.0 Å². The second-order valence-electron chi connectivity index (χ2n) is 4.57. The number of amides is 1. The van der Waals surface area contributed by atoms with Gasteiger partial charge in [-0.2, -0.15) is 0 Å². The lowest BCUT2D eigenvalue weighted by atomic mass is 10.1. The number of nitrogens with one attached hydrogen (secondary N) is 1. The van der Waals surface area contributed by atoms with Crippen LogP contribution >= 0.6 is 11.3 Å². The van der Waals surface area contributed by atoms with Crippen LogP contribution in [0.4, 0.5) is 0 Å². The number of carbonyl (C=O) groups is 2. The summed E-state index contributed by atoms with van der Waals surface area (Å²) < 4.78 is 5.25. The minimum Gasteiger partial charge on any atom is -0.481 e. The third-order valence-electron chi connectivity index (χ3n) is 2.90. The highest BCUT2D eigenvalue weighted by molar-refractivity contribution is 7.13. The molecule has 2 aromatic rings. The van der Waals surface area contributed by atoms with Gasteiger partial charge in [0.15, 0.2) is 10.8 Å². The number of carboxylic acids is 1. The zero-order valence-corrected chi connectivity index (χ0v) is 12.4. The SMILES string of the molecule is CCC(CC(=O)O)NC(=O)Cc1csc(-c2ccco2)n1. The Labute approximate surface area is 125 Å². The standard InChI is InChI=1S/C14H16N2O4S/c1-2-9(7-13(18)19)15-12(17)6-10-8-21-14(16-10)11-4-3-5-20-11/h3-5,8-9H,2,6-7H2,1H3,(H,15,17)(H,18,19). The van der Waals surface area contributed by atoms with Crippen molar-refractivity contribution in [2.24, 2.45) is 0 Å². The van der Waals surface area contributed by atoms with Crippen molar-refractivity contribution < 1.29 is 19.1 Å². The molecule has 2 N–H and O–H groups in total. The molecule has 0 bridgehead atoms. The highest BCUT2D eigenvalue weighted by atomic mass is 32.1. The van der Waals surface area contributed by atoms with Gasteiger partial charge in [0.2, 0.25) is 5.91 Å². The van der Waals surface area contributed by atoms with Gasteiger partial charge < -0.3 is 14.8 Å². The van der Waals surface area contributed by atoms with E-state index in [1.54, 1.807) is 17.7 Å². The molecule has 2 heterocycles. The Bertz CT molecular complexity index is 606. The van der Waals surface area contributed by atoms with Gasteiger partial charge in [-0.25, -0.2) is 4.98 Å². The van der Waals surface area contributed by atoms with Crippen LogP contribution < -0.4 is 5.32 Å². The first-order valence-electron chi connectivity index (χ1n) is 6.58. The predicted molar refractivity (Wildman–Crippen MR) is 78.0 cm³/mol. The van der Waals surface area contributed by atoms with E-state index in [2.05, 4.69) is 10.3 Å². The van der Waals surface area contributed by atoms with E-state index in [0.717, 1.165) is 5.01 Å². The molecular formula is C14H16N2O4S. The molecule has 7 heteroatoms. The van der Waals surface area contributed by atoms with Gasteiger partial charge in [-0.05, 0) is 18.6 Å². The quantitative estimate of drug-likeness (QED) is 0.819. The molecule has 2 aromatic heterocycles. The maximum atomic E-state index is 11.9. The van der Waals surface area contributed by atoms with E-state index in [9.17, 15) is 9.59 Å². The average Bonchev–Trinajstić information content (AvgIpc) is 3.07. The monoisotopic (exact) mass is 308 g/mol. The minimum atomic E-state index is -0.920. The third kappa shape index (κ3) is 4.42. The Morgan fingerprint density at radius 1 is 1.52 bits per heavy atom. The molecule has 0 saturated heterocycles. The van der Waals surface area contributed by atoms with Gasteiger partial charge in [0.1, 0.15) is 0 Å². The number of carboxylic acid groups (broad SMARTS) is 1. The van der Waals surface area contributed by atoms with Gasteiger partial charge in [-0.1, -0.05) is 6.92 Å². The minimum absolute atomic E-state index is 0.0725. The summed E-state index contributed by atoms with van der Waals surface area (Å²) in [7, 11) is 0. The molecule has 112 valence electrons. The molecule has 0 aromatic carbocycles. The third-order valence-corrected chi connectivity index (χ3v) is 3.81. The van der Waals surface area contributed by atoms with Crippen LogP contribution in [0.2, 0.25) is 0 Å². The number of hydrogen-bond donors (Lipinski definition) is 2. The molecule has 21 heavy (non-hydrogen) atoms. The normalized spacial score (nSPS) is 12.0. The molecule has 6 nitrogen and oxygen atoms in total. The number of rotatable bonds is 7. The van der Waals surface area contributed by atoms with Crippen molar-refractivity contribution in [3.8, 4) is 10.8 Å². The van der Waals surface area contributed by atoms with Gasteiger partial charge >= 0.3 is 5.97 Å². The van der Waals surface area contributed by atoms with Crippen LogP contribution in [0.3, 0.4) is 0 Å². The topological polar surface area (TPSA) is 92.4 Å². The molecule has 0 aliphatic heterocycles. The zero-order valence-electron chi connectivity index (χ0n) is 11.5. The van der Waals surface area contributed by atoms with E-state index in [4.69, 9.17) is 9.52 Å². The zero-order chi connectivity index (χ0) is 15.2. The van der Waals surface area contributed by atoms with Crippen LogP contribution in [0.1, 0.15) is 25.5 Å². The van der Waals surface area contributed by atoms with Crippen LogP contribution in [0.5, 0.6) is 0 Å². The molecule has 2 rings (SSSR count). The molecule has 1 unspecified atom stereocenters. The molecule has 1 atom stereocenters. The van der Waals surface area contributed by atoms with E-state index >= 15 is 0 Å². The number of carbonyl (C=O) groups excluding carboxylic acids is 1. The lowest BCUT2D eigenvalue weighted by Gasteiger charge is -2.14. The number of hydrogen-bond acceptors (Lipinski definition) is 5. The summed E-state index contributed by atoms with van der Waals surface area (Å²) >= 11 is 1.41. The van der Waals surface area contributed by atoms with Crippen molar-refractivity contribution >= 4 is 23.2 Å². The van der Waals surface area contributed by atoms with E-state index in [0.29, 0.717) is 17.9 Å². The first kappa shape index (κ1) is 15.2. The maximum absolute atomic E-state index is 11.9. The molecule has 0 radical (unpaired) electrons. The fraction of sp³-hybridized carbons (Fsp3) is 0.357. The van der Waals surface area contributed by atoms with E-state index in [1.165, 1.54) is 11.3 Å². The summed E-state index contributed by atoms with van der Waals surface area (Å²) in [6, 6.07) is 3.24. The predicted octanol–water partition coefficient (Wildman–Crippen LogP) is 2.32. The van der Waals surface area contributed by atoms with E-state index in [1.807, 2.05) is 13.0 Å². The number of aliphatic carboxylic acids is 1. The maximum Gasteiger partial charge on any atom is 0.305 e. The number of thiazole rings is 1. The summed E-state index contributed by atoms with van der Waals surface area (Å²) in [6.07, 6.45) is 2.21. The summed E-state index contributed by atoms with van der Waals surface area (Å²) in [6.45, 7) is 1.84. The van der Waals surface area contributed by atoms with Crippen molar-refractivity contribution in [1.29, 1.82) is 0 Å². The largest absolute Gasteiger partial charge is 0.481 e. The summed E-state index contributed by atoms with van der Waals surface area (Å²) in [5.74, 6) is -0.473. The molecule has 0 aliphatic rings. The first-order valence-corrected chi connectivity index (χ1v) is 7.46. The Hall–Kier alpha value is -2.15. The number of aromatic nitrogens is 1. The fourth-order valence-corrected chi connectivity index (χ4v) is 2.64. The number of furan rings is 1. The van der Waals surface area contributed by atoms with Crippen LogP contribution in [0.25, 0.3) is 10.8 Å². The Morgan fingerprint density at radius 3 is 2.95 bits per heavy atom. The van der Waals surface area contributed by atoms with Gasteiger partial charge in [0, 0.05) is 11.4 Å². The molecule has 1 amide bonds. The second-order valence-corrected chi connectivity index (χ2v) is 5.43. The first-order chi connectivity index (χ1) is 10.1. The lowest BCUT2D eigenvalue weighted by molar-refractivity contribution is -0.137. The lowest BCUT2D eigenvalue weighted by Crippen LogP contribution is -2.37. The molecule has 0 aliphatic carbocycles. The van der Waals surface area contributed by atoms with E-state index in [-0.39, 0.29) is 24.8 Å². The van der Waals surface area contributed by atoms with Crippen LogP contribution in [-0.2, 0) is 16.0 Å². The van der Waals surface area contributed by atoms with Crippen molar-refractivity contribution in [1.82, 2.24) is 10.3 Å². The molecule has 0 fully saturated rings. The molecule has 0 saturated carbocycles. The Balaban J connectivity index is 1.92. The Morgan fingerprint density at radius 2 is 2.33 bits per heavy atom. The molecular weight excluding hydrogens is 292 g/mol. The second kappa shape index (κ2) is 7.03. The van der Waals surface area contributed by atoms with E-state index < -0.39 is 5.97 Å². The van der Waals surface area contributed by atoms with Crippen LogP contribution in [0, 0.1) is 0 Å². The van der Waals surface area contributed by atoms with Gasteiger partial charge in [-0.15, -0.1) is 11.3 Å².